The molecule has 1 spiro atoms. The molecule has 0 aromatic rings. The number of amides is 1. The second kappa shape index (κ2) is 6.43. The Balaban J connectivity index is 1.77. The van der Waals surface area contributed by atoms with Crippen molar-refractivity contribution in [1.29, 1.82) is 0 Å². The zero-order chi connectivity index (χ0) is 15.6. The van der Waals surface area contributed by atoms with E-state index >= 15 is 0 Å². The Morgan fingerprint density at radius 3 is 2.27 bits per heavy atom. The molecule has 4 heteroatoms. The predicted octanol–water partition coefficient (Wildman–Crippen LogP) is 3.40. The van der Waals surface area contributed by atoms with Gasteiger partial charge in [-0.3, -0.25) is 4.79 Å². The van der Waals surface area contributed by atoms with Gasteiger partial charge in [0.1, 0.15) is 5.60 Å². The highest BCUT2D eigenvalue weighted by Crippen LogP contribution is 2.43. The maximum Gasteiger partial charge on any atom is 0.335 e. The molecule has 122 valence electrons. The zero-order valence-corrected chi connectivity index (χ0v) is 13.6. The molecule has 1 N–H and O–H groups in total. The van der Waals surface area contributed by atoms with Gasteiger partial charge in [-0.05, 0) is 45.4 Å². The molecule has 3 rings (SSSR count). The molecule has 2 aliphatic carbocycles. The van der Waals surface area contributed by atoms with Crippen molar-refractivity contribution in [1.82, 2.24) is 5.32 Å². The van der Waals surface area contributed by atoms with Gasteiger partial charge in [-0.15, -0.1) is 0 Å². The van der Waals surface area contributed by atoms with E-state index in [0.29, 0.717) is 11.1 Å². The maximum atomic E-state index is 12.9. The molecular formula is C18H27NO3. The largest absolute Gasteiger partial charge is 0.451 e. The molecule has 1 aliphatic heterocycles. The van der Waals surface area contributed by atoms with Gasteiger partial charge in [0.25, 0.3) is 5.91 Å². The number of esters is 1. The maximum absolute atomic E-state index is 12.9. The molecule has 0 unspecified atom stereocenters. The first-order valence-corrected chi connectivity index (χ1v) is 8.88. The molecule has 0 aromatic carbocycles. The number of ether oxygens (including phenoxy) is 1. The van der Waals surface area contributed by atoms with Gasteiger partial charge in [0, 0.05) is 11.6 Å². The third-order valence-corrected chi connectivity index (χ3v) is 5.50. The van der Waals surface area contributed by atoms with Crippen molar-refractivity contribution in [2.45, 2.75) is 89.2 Å². The summed E-state index contributed by atoms with van der Waals surface area (Å²) in [5.41, 5.74) is 0.517. The summed E-state index contributed by atoms with van der Waals surface area (Å²) in [5.74, 6) is -0.356. The minimum absolute atomic E-state index is 0.0582. The Morgan fingerprint density at radius 2 is 1.64 bits per heavy atom. The van der Waals surface area contributed by atoms with Crippen LogP contribution in [-0.4, -0.2) is 23.5 Å². The Bertz CT molecular complexity index is 481. The lowest BCUT2D eigenvalue weighted by atomic mass is 9.78. The van der Waals surface area contributed by atoms with E-state index in [4.69, 9.17) is 4.74 Å². The molecule has 1 amide bonds. The smallest absolute Gasteiger partial charge is 0.335 e. The number of rotatable bonds is 2. The van der Waals surface area contributed by atoms with E-state index in [1.54, 1.807) is 6.92 Å². The van der Waals surface area contributed by atoms with Crippen molar-refractivity contribution >= 4 is 11.9 Å². The fourth-order valence-corrected chi connectivity index (χ4v) is 4.28. The molecule has 0 radical (unpaired) electrons. The van der Waals surface area contributed by atoms with Gasteiger partial charge >= 0.3 is 5.97 Å². The third kappa shape index (κ3) is 2.92. The van der Waals surface area contributed by atoms with Crippen LogP contribution >= 0.6 is 0 Å². The molecule has 2 fully saturated rings. The number of carbonyl (C=O) groups is 2. The van der Waals surface area contributed by atoms with Gasteiger partial charge in [0.05, 0.1) is 5.57 Å². The first kappa shape index (κ1) is 15.6. The van der Waals surface area contributed by atoms with Gasteiger partial charge in [-0.2, -0.15) is 0 Å². The zero-order valence-electron chi connectivity index (χ0n) is 13.6. The van der Waals surface area contributed by atoms with E-state index in [1.807, 2.05) is 0 Å². The standard InChI is InChI=1S/C18H27NO3/c1-13-15(16(20)19-14-9-5-2-3-6-10-14)18(22-17(13)21)11-7-4-8-12-18/h14H,2-12H2,1H3,(H,19,20). The number of hydrogen-bond donors (Lipinski definition) is 1. The molecule has 22 heavy (non-hydrogen) atoms. The second-order valence-electron chi connectivity index (χ2n) is 7.11. The van der Waals surface area contributed by atoms with Crippen LogP contribution in [0.2, 0.25) is 0 Å². The lowest BCUT2D eigenvalue weighted by molar-refractivity contribution is -0.149. The average Bonchev–Trinajstić information content (AvgIpc) is 2.68. The summed E-state index contributed by atoms with van der Waals surface area (Å²) in [7, 11) is 0. The summed E-state index contributed by atoms with van der Waals surface area (Å²) in [5, 5.41) is 3.19. The van der Waals surface area contributed by atoms with Crippen LogP contribution in [0.4, 0.5) is 0 Å². The minimum atomic E-state index is -0.631. The van der Waals surface area contributed by atoms with Gasteiger partial charge in [-0.1, -0.05) is 32.1 Å². The van der Waals surface area contributed by atoms with E-state index in [2.05, 4.69) is 5.32 Å². The van der Waals surface area contributed by atoms with Gasteiger partial charge in [0.15, 0.2) is 0 Å². The summed E-state index contributed by atoms with van der Waals surface area (Å²) in [4.78, 5) is 24.9. The van der Waals surface area contributed by atoms with E-state index in [9.17, 15) is 9.59 Å². The summed E-state index contributed by atoms with van der Waals surface area (Å²) < 4.78 is 5.68. The first-order valence-electron chi connectivity index (χ1n) is 8.88. The Morgan fingerprint density at radius 1 is 1.05 bits per heavy atom. The highest BCUT2D eigenvalue weighted by Gasteiger charge is 2.49. The molecule has 3 aliphatic rings. The number of carbonyl (C=O) groups excluding carboxylic acids is 2. The molecule has 0 bridgehead atoms. The highest BCUT2D eigenvalue weighted by molar-refractivity contribution is 6.07. The van der Waals surface area contributed by atoms with Crippen molar-refractivity contribution < 1.29 is 14.3 Å². The Labute approximate surface area is 132 Å². The second-order valence-corrected chi connectivity index (χ2v) is 7.11. The summed E-state index contributed by atoms with van der Waals surface area (Å²) in [6.45, 7) is 1.74. The number of hydrogen-bond acceptors (Lipinski definition) is 3. The fraction of sp³-hybridized carbons (Fsp3) is 0.778. The average molecular weight is 305 g/mol. The molecule has 1 heterocycles. The van der Waals surface area contributed by atoms with E-state index in [-0.39, 0.29) is 17.9 Å². The quantitative estimate of drug-likeness (QED) is 0.628. The van der Waals surface area contributed by atoms with Crippen LogP contribution < -0.4 is 5.32 Å². The molecule has 4 nitrogen and oxygen atoms in total. The van der Waals surface area contributed by atoms with Crippen LogP contribution in [0.5, 0.6) is 0 Å². The Hall–Kier alpha value is -1.32. The lowest BCUT2D eigenvalue weighted by Gasteiger charge is -2.34. The van der Waals surface area contributed by atoms with Crippen molar-refractivity contribution in [2.24, 2.45) is 0 Å². The summed E-state index contributed by atoms with van der Waals surface area (Å²) >= 11 is 0. The van der Waals surface area contributed by atoms with E-state index < -0.39 is 5.60 Å². The van der Waals surface area contributed by atoms with Gasteiger partial charge in [-0.25, -0.2) is 4.79 Å². The van der Waals surface area contributed by atoms with Crippen molar-refractivity contribution in [2.75, 3.05) is 0 Å². The van der Waals surface area contributed by atoms with E-state index in [1.165, 1.54) is 25.7 Å². The molecule has 0 aromatic heterocycles. The molecule has 0 atom stereocenters. The molecule has 0 saturated heterocycles. The van der Waals surface area contributed by atoms with Gasteiger partial charge in [0.2, 0.25) is 0 Å². The van der Waals surface area contributed by atoms with Gasteiger partial charge < -0.3 is 10.1 Å². The molecular weight excluding hydrogens is 278 g/mol. The van der Waals surface area contributed by atoms with Crippen LogP contribution in [0.25, 0.3) is 0 Å². The van der Waals surface area contributed by atoms with Crippen LogP contribution in [-0.2, 0) is 14.3 Å². The fourth-order valence-electron chi connectivity index (χ4n) is 4.28. The number of nitrogens with one attached hydrogen (secondary N) is 1. The molecule has 2 saturated carbocycles. The van der Waals surface area contributed by atoms with Crippen LogP contribution in [0.1, 0.15) is 77.6 Å². The first-order chi connectivity index (χ1) is 10.6. The Kier molecular flexibility index (Phi) is 4.55. The van der Waals surface area contributed by atoms with Crippen molar-refractivity contribution in [3.05, 3.63) is 11.1 Å². The predicted molar refractivity (Wildman–Crippen MR) is 84.2 cm³/mol. The normalized spacial score (nSPS) is 26.0. The van der Waals surface area contributed by atoms with Crippen molar-refractivity contribution in [3.8, 4) is 0 Å². The topological polar surface area (TPSA) is 55.4 Å². The monoisotopic (exact) mass is 305 g/mol. The van der Waals surface area contributed by atoms with Crippen LogP contribution in [0.3, 0.4) is 0 Å². The van der Waals surface area contributed by atoms with Crippen LogP contribution in [0.15, 0.2) is 11.1 Å². The SMILES string of the molecule is CC1=C(C(=O)NC2CCCCCC2)C2(CCCCC2)OC1=O. The van der Waals surface area contributed by atoms with Crippen molar-refractivity contribution in [3.63, 3.8) is 0 Å². The minimum Gasteiger partial charge on any atom is -0.451 e. The summed E-state index contributed by atoms with van der Waals surface area (Å²) in [6, 6.07) is 0.256. The lowest BCUT2D eigenvalue weighted by Crippen LogP contribution is -2.44. The summed E-state index contributed by atoms with van der Waals surface area (Å²) in [6.07, 6.45) is 11.8. The highest BCUT2D eigenvalue weighted by atomic mass is 16.6. The van der Waals surface area contributed by atoms with Crippen LogP contribution in [0, 0.1) is 0 Å². The van der Waals surface area contributed by atoms with E-state index in [0.717, 1.165) is 44.9 Å². The third-order valence-electron chi connectivity index (χ3n) is 5.50.